The van der Waals surface area contributed by atoms with E-state index in [-0.39, 0.29) is 12.7 Å². The van der Waals surface area contributed by atoms with Crippen LogP contribution in [0.1, 0.15) is 12.5 Å². The summed E-state index contributed by atoms with van der Waals surface area (Å²) in [7, 11) is 0. The highest BCUT2D eigenvalue weighted by Crippen LogP contribution is 2.37. The Morgan fingerprint density at radius 1 is 1.17 bits per heavy atom. The van der Waals surface area contributed by atoms with E-state index in [4.69, 9.17) is 11.6 Å². The van der Waals surface area contributed by atoms with Gasteiger partial charge in [-0.15, -0.1) is 0 Å². The molecular formula is C13H9ClF6O4. The maximum atomic E-state index is 12.7. The first-order chi connectivity index (χ1) is 10.9. The molecule has 0 saturated heterocycles. The third-order valence-electron chi connectivity index (χ3n) is 2.52. The molecule has 1 unspecified atom stereocenters. The van der Waals surface area contributed by atoms with Gasteiger partial charge in [-0.2, -0.15) is 26.3 Å². The molecule has 24 heavy (non-hydrogen) atoms. The topological polar surface area (TPSA) is 52.6 Å². The van der Waals surface area contributed by atoms with E-state index >= 15 is 0 Å². The Balaban J connectivity index is 3.20. The van der Waals surface area contributed by atoms with Crippen LogP contribution in [-0.4, -0.2) is 30.6 Å². The van der Waals surface area contributed by atoms with Crippen LogP contribution in [0, 0.1) is 0 Å². The number of hydrogen-bond donors (Lipinski definition) is 0. The molecule has 0 bridgehead atoms. The molecule has 1 aromatic carbocycles. The quantitative estimate of drug-likeness (QED) is 0.444. The van der Waals surface area contributed by atoms with Gasteiger partial charge in [-0.05, 0) is 25.1 Å². The number of hydrogen-bond acceptors (Lipinski definition) is 4. The van der Waals surface area contributed by atoms with Crippen LogP contribution in [-0.2, 0) is 20.5 Å². The molecule has 4 nitrogen and oxygen atoms in total. The molecule has 1 atom stereocenters. The van der Waals surface area contributed by atoms with Gasteiger partial charge in [0.05, 0.1) is 17.2 Å². The van der Waals surface area contributed by atoms with Crippen LogP contribution in [0.5, 0.6) is 5.75 Å². The highest BCUT2D eigenvalue weighted by atomic mass is 35.5. The molecule has 0 fully saturated rings. The Labute approximate surface area is 136 Å². The number of ether oxygens (including phenoxy) is 2. The van der Waals surface area contributed by atoms with Crippen LogP contribution in [0.4, 0.5) is 26.3 Å². The van der Waals surface area contributed by atoms with Crippen molar-refractivity contribution in [3.8, 4) is 5.75 Å². The summed E-state index contributed by atoms with van der Waals surface area (Å²) in [4.78, 5) is 22.7. The number of esters is 1. The van der Waals surface area contributed by atoms with Crippen molar-refractivity contribution in [3.05, 3.63) is 28.8 Å². The monoisotopic (exact) mass is 378 g/mol. The Morgan fingerprint density at radius 3 is 2.21 bits per heavy atom. The zero-order chi connectivity index (χ0) is 18.7. The number of benzene rings is 1. The van der Waals surface area contributed by atoms with Crippen LogP contribution < -0.4 is 4.74 Å². The normalized spacial score (nSPS) is 13.3. The predicted molar refractivity (Wildman–Crippen MR) is 68.6 cm³/mol. The Morgan fingerprint density at radius 2 is 1.75 bits per heavy atom. The molecule has 0 aromatic heterocycles. The number of rotatable bonds is 5. The van der Waals surface area contributed by atoms with Gasteiger partial charge < -0.3 is 9.47 Å². The van der Waals surface area contributed by atoms with Gasteiger partial charge in [0.1, 0.15) is 5.75 Å². The molecule has 0 saturated carbocycles. The molecule has 0 amide bonds. The van der Waals surface area contributed by atoms with Crippen molar-refractivity contribution in [2.24, 2.45) is 0 Å². The first-order valence-corrected chi connectivity index (χ1v) is 6.56. The zero-order valence-corrected chi connectivity index (χ0v) is 12.6. The molecule has 1 rings (SSSR count). The van der Waals surface area contributed by atoms with Crippen LogP contribution >= 0.6 is 11.6 Å². The lowest BCUT2D eigenvalue weighted by molar-refractivity contribution is -0.184. The Bertz CT molecular complexity index is 626. The molecule has 0 aliphatic rings. The van der Waals surface area contributed by atoms with Gasteiger partial charge in [-0.3, -0.25) is 4.79 Å². The molecular weight excluding hydrogens is 370 g/mol. The maximum Gasteiger partial charge on any atom is 0.454 e. The molecule has 0 radical (unpaired) electrons. The van der Waals surface area contributed by atoms with Gasteiger partial charge in [0.25, 0.3) is 11.9 Å². The fraction of sp³-hybridized carbons (Fsp3) is 0.385. The number of alkyl halides is 6. The number of Topliss-reactive ketones (excluding diaryl/α,β-unsaturated/α-hetero) is 1. The first kappa shape index (κ1) is 20.1. The third kappa shape index (κ3) is 5.02. The SMILES string of the molecule is CCOC(=O)C(Oc1ccc(Cl)c(C(F)(F)F)c1)C(=O)C(F)(F)F. The van der Waals surface area contributed by atoms with Gasteiger partial charge in [-0.1, -0.05) is 11.6 Å². The van der Waals surface area contributed by atoms with Gasteiger partial charge >= 0.3 is 18.3 Å². The lowest BCUT2D eigenvalue weighted by Gasteiger charge is -2.19. The minimum Gasteiger partial charge on any atom is -0.470 e. The average molecular weight is 379 g/mol. The van der Waals surface area contributed by atoms with Crippen molar-refractivity contribution >= 4 is 23.4 Å². The van der Waals surface area contributed by atoms with E-state index < -0.39 is 46.5 Å². The smallest absolute Gasteiger partial charge is 0.454 e. The maximum absolute atomic E-state index is 12.7. The van der Waals surface area contributed by atoms with Gasteiger partial charge in [0.15, 0.2) is 0 Å². The summed E-state index contributed by atoms with van der Waals surface area (Å²) in [6.07, 6.45) is -13.1. The van der Waals surface area contributed by atoms with Gasteiger partial charge in [0, 0.05) is 0 Å². The van der Waals surface area contributed by atoms with E-state index in [1.165, 1.54) is 6.92 Å². The van der Waals surface area contributed by atoms with E-state index in [1.807, 2.05) is 0 Å². The summed E-state index contributed by atoms with van der Waals surface area (Å²) in [6.45, 7) is 0.898. The van der Waals surface area contributed by atoms with Crippen LogP contribution in [0.15, 0.2) is 18.2 Å². The zero-order valence-electron chi connectivity index (χ0n) is 11.8. The van der Waals surface area contributed by atoms with Gasteiger partial charge in [0.2, 0.25) is 0 Å². The standard InChI is InChI=1S/C13H9ClF6O4/c1-2-23-11(22)9(10(21)13(18,19)20)24-6-3-4-8(14)7(5-6)12(15,16)17/h3-5,9H,2H2,1H3. The van der Waals surface area contributed by atoms with Crippen LogP contribution in [0.3, 0.4) is 0 Å². The van der Waals surface area contributed by atoms with Crippen LogP contribution in [0.25, 0.3) is 0 Å². The molecule has 1 aromatic rings. The minimum absolute atomic E-state index is 0.276. The fourth-order valence-corrected chi connectivity index (χ4v) is 1.73. The van der Waals surface area contributed by atoms with E-state index in [0.29, 0.717) is 6.07 Å². The van der Waals surface area contributed by atoms with Gasteiger partial charge in [-0.25, -0.2) is 4.79 Å². The average Bonchev–Trinajstić information content (AvgIpc) is 2.43. The van der Waals surface area contributed by atoms with Crippen molar-refractivity contribution in [3.63, 3.8) is 0 Å². The minimum atomic E-state index is -5.45. The molecule has 0 spiro atoms. The predicted octanol–water partition coefficient (Wildman–Crippen LogP) is 3.80. The summed E-state index contributed by atoms with van der Waals surface area (Å²) in [5.74, 6) is -5.09. The molecule has 11 heteroatoms. The fourth-order valence-electron chi connectivity index (χ4n) is 1.51. The number of carbonyl (C=O) groups is 2. The Kier molecular flexibility index (Phi) is 6.09. The Hall–Kier alpha value is -1.97. The molecule has 134 valence electrons. The number of halogens is 7. The van der Waals surface area contributed by atoms with Crippen molar-refractivity contribution in [2.45, 2.75) is 25.4 Å². The molecule has 0 aliphatic carbocycles. The lowest BCUT2D eigenvalue weighted by atomic mass is 10.2. The molecule has 0 heterocycles. The first-order valence-electron chi connectivity index (χ1n) is 6.19. The second kappa shape index (κ2) is 7.29. The second-order valence-corrected chi connectivity index (χ2v) is 4.66. The number of ketones is 1. The highest BCUT2D eigenvalue weighted by molar-refractivity contribution is 6.31. The summed E-state index contributed by atoms with van der Waals surface area (Å²) < 4.78 is 84.4. The van der Waals surface area contributed by atoms with E-state index in [2.05, 4.69) is 9.47 Å². The molecule has 0 aliphatic heterocycles. The second-order valence-electron chi connectivity index (χ2n) is 4.25. The largest absolute Gasteiger partial charge is 0.470 e. The van der Waals surface area contributed by atoms with Crippen molar-refractivity contribution < 1.29 is 45.4 Å². The number of carbonyl (C=O) groups excluding carboxylic acids is 2. The van der Waals surface area contributed by atoms with Crippen molar-refractivity contribution in [1.29, 1.82) is 0 Å². The van der Waals surface area contributed by atoms with Crippen molar-refractivity contribution in [1.82, 2.24) is 0 Å². The third-order valence-corrected chi connectivity index (χ3v) is 2.84. The summed E-state index contributed by atoms with van der Waals surface area (Å²) in [5.41, 5.74) is -1.40. The summed E-state index contributed by atoms with van der Waals surface area (Å²) in [5, 5.41) is -0.732. The van der Waals surface area contributed by atoms with Crippen LogP contribution in [0.2, 0.25) is 5.02 Å². The van der Waals surface area contributed by atoms with E-state index in [0.717, 1.165) is 6.07 Å². The molecule has 0 N–H and O–H groups in total. The summed E-state index contributed by atoms with van der Waals surface area (Å²) >= 11 is 5.35. The van der Waals surface area contributed by atoms with E-state index in [9.17, 15) is 35.9 Å². The van der Waals surface area contributed by atoms with E-state index in [1.54, 1.807) is 0 Å². The summed E-state index contributed by atoms with van der Waals surface area (Å²) in [6, 6.07) is 1.77. The van der Waals surface area contributed by atoms with Crippen molar-refractivity contribution in [2.75, 3.05) is 6.61 Å². The lowest BCUT2D eigenvalue weighted by Crippen LogP contribution is -2.44. The highest BCUT2D eigenvalue weighted by Gasteiger charge is 2.49.